The summed E-state index contributed by atoms with van der Waals surface area (Å²) in [6.07, 6.45) is 11.7. The normalized spacial score (nSPS) is 20.6. The maximum absolute atomic E-state index is 3.76. The van der Waals surface area contributed by atoms with Crippen LogP contribution in [0.4, 0.5) is 0 Å². The minimum absolute atomic E-state index is 0.419. The second-order valence-corrected chi connectivity index (χ2v) is 6.92. The second kappa shape index (κ2) is 8.83. The molecule has 0 aliphatic heterocycles. The Morgan fingerprint density at radius 3 is 2.85 bits per heavy atom. The van der Waals surface area contributed by atoms with Gasteiger partial charge in [-0.3, -0.25) is 0 Å². The van der Waals surface area contributed by atoms with E-state index in [-0.39, 0.29) is 0 Å². The molecule has 1 aliphatic carbocycles. The van der Waals surface area contributed by atoms with Crippen LogP contribution in [-0.2, 0) is 0 Å². The number of benzene rings is 1. The van der Waals surface area contributed by atoms with Crippen molar-refractivity contribution in [1.82, 2.24) is 5.32 Å². The third kappa shape index (κ3) is 4.88. The lowest BCUT2D eigenvalue weighted by Crippen LogP contribution is -2.24. The van der Waals surface area contributed by atoms with E-state index in [2.05, 4.69) is 65.2 Å². The van der Waals surface area contributed by atoms with E-state index in [9.17, 15) is 0 Å². The molecule has 0 fully saturated rings. The van der Waals surface area contributed by atoms with Crippen molar-refractivity contribution in [2.24, 2.45) is 0 Å². The quantitative estimate of drug-likeness (QED) is 0.515. The number of hydrogen-bond acceptors (Lipinski definition) is 1. The van der Waals surface area contributed by atoms with Crippen molar-refractivity contribution in [3.63, 3.8) is 0 Å². The van der Waals surface area contributed by atoms with Crippen molar-refractivity contribution in [2.75, 3.05) is 6.54 Å². The van der Waals surface area contributed by atoms with Crippen LogP contribution < -0.4 is 5.32 Å². The van der Waals surface area contributed by atoms with E-state index in [0.717, 1.165) is 6.54 Å². The standard InChI is InChI=1S/C18H26IN/c1-2-13-20-18(16-11-8-12-17(19)14-16)15-9-6-4-3-5-7-10-15/h8-9,11-12,14,18,20H,2-7,10,13H2,1H3/b15-9+. The summed E-state index contributed by atoms with van der Waals surface area (Å²) in [5, 5.41) is 3.76. The van der Waals surface area contributed by atoms with Gasteiger partial charge in [0.25, 0.3) is 0 Å². The van der Waals surface area contributed by atoms with Gasteiger partial charge < -0.3 is 5.32 Å². The van der Waals surface area contributed by atoms with Crippen molar-refractivity contribution in [1.29, 1.82) is 0 Å². The van der Waals surface area contributed by atoms with E-state index in [1.165, 1.54) is 54.1 Å². The number of allylic oxidation sites excluding steroid dienone is 1. The molecule has 1 aliphatic rings. The summed E-state index contributed by atoms with van der Waals surface area (Å²) < 4.78 is 1.33. The van der Waals surface area contributed by atoms with Crippen LogP contribution in [0.2, 0.25) is 0 Å². The lowest BCUT2D eigenvalue weighted by Gasteiger charge is -2.24. The summed E-state index contributed by atoms with van der Waals surface area (Å²) in [4.78, 5) is 0. The summed E-state index contributed by atoms with van der Waals surface area (Å²) in [5.74, 6) is 0. The molecule has 0 amide bonds. The molecule has 0 bridgehead atoms. The fraction of sp³-hybridized carbons (Fsp3) is 0.556. The van der Waals surface area contributed by atoms with Gasteiger partial charge in [-0.1, -0.05) is 43.5 Å². The Hall–Kier alpha value is -0.350. The number of hydrogen-bond donors (Lipinski definition) is 1. The Labute approximate surface area is 137 Å². The maximum Gasteiger partial charge on any atom is 0.0536 e. The fourth-order valence-corrected chi connectivity index (χ4v) is 3.48. The van der Waals surface area contributed by atoms with E-state index in [0.29, 0.717) is 6.04 Å². The predicted molar refractivity (Wildman–Crippen MR) is 96.0 cm³/mol. The molecule has 1 N–H and O–H groups in total. The van der Waals surface area contributed by atoms with E-state index < -0.39 is 0 Å². The van der Waals surface area contributed by atoms with Crippen molar-refractivity contribution in [2.45, 2.75) is 57.9 Å². The molecule has 0 radical (unpaired) electrons. The Balaban J connectivity index is 2.21. The molecule has 0 aromatic heterocycles. The maximum atomic E-state index is 3.76. The Kier molecular flexibility index (Phi) is 7.08. The largest absolute Gasteiger partial charge is 0.307 e. The van der Waals surface area contributed by atoms with Crippen LogP contribution >= 0.6 is 22.6 Å². The van der Waals surface area contributed by atoms with Crippen molar-refractivity contribution in [3.05, 3.63) is 45.0 Å². The molecular formula is C18H26IN. The first-order valence-electron chi connectivity index (χ1n) is 7.99. The third-order valence-corrected chi connectivity index (χ3v) is 4.65. The second-order valence-electron chi connectivity index (χ2n) is 5.67. The topological polar surface area (TPSA) is 12.0 Å². The van der Waals surface area contributed by atoms with E-state index >= 15 is 0 Å². The van der Waals surface area contributed by atoms with E-state index in [4.69, 9.17) is 0 Å². The number of halogens is 1. The zero-order chi connectivity index (χ0) is 14.2. The Morgan fingerprint density at radius 1 is 1.20 bits per heavy atom. The molecule has 1 nitrogen and oxygen atoms in total. The summed E-state index contributed by atoms with van der Waals surface area (Å²) in [6, 6.07) is 9.37. The van der Waals surface area contributed by atoms with Crippen LogP contribution in [0.1, 0.15) is 63.5 Å². The molecule has 20 heavy (non-hydrogen) atoms. The highest BCUT2D eigenvalue weighted by Crippen LogP contribution is 2.29. The minimum Gasteiger partial charge on any atom is -0.307 e. The van der Waals surface area contributed by atoms with Gasteiger partial charge in [0.1, 0.15) is 0 Å². The lowest BCUT2D eigenvalue weighted by atomic mass is 9.91. The average Bonchev–Trinajstić information content (AvgIpc) is 2.41. The first kappa shape index (κ1) is 16.0. The van der Waals surface area contributed by atoms with E-state index in [1.807, 2.05) is 0 Å². The zero-order valence-corrected chi connectivity index (χ0v) is 14.7. The Bertz CT molecular complexity index is 439. The van der Waals surface area contributed by atoms with Crippen LogP contribution in [0.5, 0.6) is 0 Å². The van der Waals surface area contributed by atoms with Crippen LogP contribution in [0.15, 0.2) is 35.9 Å². The van der Waals surface area contributed by atoms with Gasteiger partial charge in [0.15, 0.2) is 0 Å². The van der Waals surface area contributed by atoms with Crippen molar-refractivity contribution in [3.8, 4) is 0 Å². The molecule has 2 heteroatoms. The number of nitrogens with one attached hydrogen (secondary N) is 1. The fourth-order valence-electron chi connectivity index (χ4n) is 2.92. The van der Waals surface area contributed by atoms with E-state index in [1.54, 1.807) is 5.57 Å². The van der Waals surface area contributed by atoms with Crippen molar-refractivity contribution >= 4 is 22.6 Å². The lowest BCUT2D eigenvalue weighted by molar-refractivity contribution is 0.540. The Morgan fingerprint density at radius 2 is 2.05 bits per heavy atom. The first-order valence-corrected chi connectivity index (χ1v) is 9.07. The van der Waals surface area contributed by atoms with Crippen LogP contribution in [-0.4, -0.2) is 6.54 Å². The molecule has 110 valence electrons. The molecular weight excluding hydrogens is 357 g/mol. The van der Waals surface area contributed by atoms with Gasteiger partial charge >= 0.3 is 0 Å². The molecule has 0 saturated heterocycles. The highest BCUT2D eigenvalue weighted by molar-refractivity contribution is 14.1. The molecule has 0 spiro atoms. The molecule has 0 saturated carbocycles. The predicted octanol–water partition coefficient (Wildman–Crippen LogP) is 5.61. The summed E-state index contributed by atoms with van der Waals surface area (Å²) in [6.45, 7) is 3.33. The monoisotopic (exact) mass is 383 g/mol. The van der Waals surface area contributed by atoms with Gasteiger partial charge in [-0.05, 0) is 78.9 Å². The molecule has 0 heterocycles. The van der Waals surface area contributed by atoms with Gasteiger partial charge in [0.05, 0.1) is 6.04 Å². The highest BCUT2D eigenvalue weighted by Gasteiger charge is 2.16. The highest BCUT2D eigenvalue weighted by atomic mass is 127. The summed E-state index contributed by atoms with van der Waals surface area (Å²) in [7, 11) is 0. The summed E-state index contributed by atoms with van der Waals surface area (Å²) in [5.41, 5.74) is 3.04. The first-order chi connectivity index (χ1) is 9.81. The van der Waals surface area contributed by atoms with Crippen LogP contribution in [0.25, 0.3) is 0 Å². The molecule has 1 aromatic rings. The SMILES string of the molecule is CCCNC(/C1=C/CCCCCC1)c1cccc(I)c1. The minimum atomic E-state index is 0.419. The van der Waals surface area contributed by atoms with Crippen LogP contribution in [0, 0.1) is 3.57 Å². The molecule has 1 unspecified atom stereocenters. The smallest absolute Gasteiger partial charge is 0.0536 e. The van der Waals surface area contributed by atoms with Crippen LogP contribution in [0.3, 0.4) is 0 Å². The number of rotatable bonds is 5. The van der Waals surface area contributed by atoms with Gasteiger partial charge in [-0.15, -0.1) is 0 Å². The van der Waals surface area contributed by atoms with Gasteiger partial charge in [0.2, 0.25) is 0 Å². The molecule has 2 rings (SSSR count). The van der Waals surface area contributed by atoms with Crippen molar-refractivity contribution < 1.29 is 0 Å². The zero-order valence-electron chi connectivity index (χ0n) is 12.5. The molecule has 1 atom stereocenters. The summed E-state index contributed by atoms with van der Waals surface area (Å²) >= 11 is 2.41. The van der Waals surface area contributed by atoms with Gasteiger partial charge in [-0.2, -0.15) is 0 Å². The third-order valence-electron chi connectivity index (χ3n) is 3.98. The average molecular weight is 383 g/mol. The van der Waals surface area contributed by atoms with Gasteiger partial charge in [-0.25, -0.2) is 0 Å². The molecule has 1 aromatic carbocycles. The van der Waals surface area contributed by atoms with Gasteiger partial charge in [0, 0.05) is 3.57 Å².